The third-order valence-electron chi connectivity index (χ3n) is 4.28. The van der Waals surface area contributed by atoms with E-state index < -0.39 is 11.8 Å². The van der Waals surface area contributed by atoms with Crippen molar-refractivity contribution < 1.29 is 9.59 Å². The summed E-state index contributed by atoms with van der Waals surface area (Å²) < 4.78 is 3.06. The molecule has 3 heterocycles. The molecule has 1 aromatic carbocycles. The molecule has 0 saturated heterocycles. The Balaban J connectivity index is 1.31. The van der Waals surface area contributed by atoms with Crippen molar-refractivity contribution in [2.45, 2.75) is 32.7 Å². The van der Waals surface area contributed by atoms with E-state index in [0.29, 0.717) is 18.7 Å². The van der Waals surface area contributed by atoms with Gasteiger partial charge in [0.1, 0.15) is 11.6 Å². The number of hydrogen-bond donors (Lipinski definition) is 2. The number of thiazole rings is 1. The van der Waals surface area contributed by atoms with E-state index in [1.807, 2.05) is 19.1 Å². The van der Waals surface area contributed by atoms with Crippen LogP contribution in [-0.2, 0) is 29.0 Å². The maximum Gasteiger partial charge on any atom is 0.313 e. The van der Waals surface area contributed by atoms with Crippen LogP contribution in [0.3, 0.4) is 0 Å². The smallest absolute Gasteiger partial charge is 0.313 e. The largest absolute Gasteiger partial charge is 0.347 e. The first-order chi connectivity index (χ1) is 12.6. The number of anilines is 1. The fraction of sp³-hybridized carbons (Fsp3) is 0.353. The number of rotatable bonds is 4. The number of aromatic nitrogens is 4. The Kier molecular flexibility index (Phi) is 4.37. The molecule has 0 radical (unpaired) electrons. The number of carbonyl (C=O) groups excluding carboxylic acids is 2. The van der Waals surface area contributed by atoms with E-state index in [0.717, 1.165) is 46.3 Å². The molecule has 2 amide bonds. The Morgan fingerprint density at radius 3 is 3.04 bits per heavy atom. The molecule has 26 heavy (non-hydrogen) atoms. The highest BCUT2D eigenvalue weighted by Crippen LogP contribution is 2.24. The fourth-order valence-electron chi connectivity index (χ4n) is 3.07. The van der Waals surface area contributed by atoms with Crippen LogP contribution in [0.4, 0.5) is 5.69 Å². The van der Waals surface area contributed by atoms with Crippen molar-refractivity contribution in [2.75, 3.05) is 11.9 Å². The number of benzene rings is 1. The van der Waals surface area contributed by atoms with Crippen LogP contribution >= 0.6 is 11.3 Å². The molecule has 2 N–H and O–H groups in total. The first-order valence-corrected chi connectivity index (χ1v) is 9.29. The van der Waals surface area contributed by atoms with Crippen LogP contribution in [0.15, 0.2) is 18.2 Å². The summed E-state index contributed by atoms with van der Waals surface area (Å²) in [6, 6.07) is 5.40. The lowest BCUT2D eigenvalue weighted by atomic mass is 10.3. The van der Waals surface area contributed by atoms with Crippen LogP contribution in [0.2, 0.25) is 0 Å². The predicted octanol–water partition coefficient (Wildman–Crippen LogP) is 1.44. The van der Waals surface area contributed by atoms with Crippen molar-refractivity contribution in [2.24, 2.45) is 0 Å². The molecule has 134 valence electrons. The quantitative estimate of drug-likeness (QED) is 0.677. The van der Waals surface area contributed by atoms with Gasteiger partial charge in [0.2, 0.25) is 0 Å². The van der Waals surface area contributed by atoms with Crippen LogP contribution in [0.25, 0.3) is 10.2 Å². The van der Waals surface area contributed by atoms with Gasteiger partial charge >= 0.3 is 11.8 Å². The Hall–Kier alpha value is -2.81. The molecule has 9 heteroatoms. The van der Waals surface area contributed by atoms with Gasteiger partial charge in [-0.15, -0.1) is 21.5 Å². The van der Waals surface area contributed by atoms with E-state index in [4.69, 9.17) is 0 Å². The molecule has 4 rings (SSSR count). The van der Waals surface area contributed by atoms with E-state index in [-0.39, 0.29) is 0 Å². The molecule has 0 bridgehead atoms. The first-order valence-electron chi connectivity index (χ1n) is 8.47. The zero-order chi connectivity index (χ0) is 18.1. The molecule has 8 nitrogen and oxygen atoms in total. The lowest BCUT2D eigenvalue weighted by molar-refractivity contribution is -0.136. The van der Waals surface area contributed by atoms with Gasteiger partial charge in [0.15, 0.2) is 0 Å². The maximum absolute atomic E-state index is 12.1. The number of hydrogen-bond acceptors (Lipinski definition) is 6. The van der Waals surface area contributed by atoms with Gasteiger partial charge in [-0.25, -0.2) is 4.98 Å². The zero-order valence-electron chi connectivity index (χ0n) is 14.3. The Morgan fingerprint density at radius 2 is 2.15 bits per heavy atom. The van der Waals surface area contributed by atoms with Crippen LogP contribution in [0, 0.1) is 6.92 Å². The SMILES string of the molecule is Cc1nc2ccc(NC(=O)C(=O)NCCc3nnc4n3CCC4)cc2s1. The number of nitrogens with one attached hydrogen (secondary N) is 2. The highest BCUT2D eigenvalue weighted by molar-refractivity contribution is 7.18. The minimum atomic E-state index is -0.683. The predicted molar refractivity (Wildman–Crippen MR) is 98.0 cm³/mol. The van der Waals surface area contributed by atoms with Crippen molar-refractivity contribution in [3.05, 3.63) is 34.9 Å². The first kappa shape index (κ1) is 16.6. The van der Waals surface area contributed by atoms with Gasteiger partial charge in [-0.1, -0.05) is 0 Å². The minimum Gasteiger partial charge on any atom is -0.347 e. The molecule has 0 aliphatic carbocycles. The van der Waals surface area contributed by atoms with Gasteiger partial charge in [0, 0.05) is 31.6 Å². The van der Waals surface area contributed by atoms with E-state index in [2.05, 4.69) is 30.4 Å². The molecular formula is C17H18N6O2S. The van der Waals surface area contributed by atoms with Gasteiger partial charge in [-0.3, -0.25) is 9.59 Å². The van der Waals surface area contributed by atoms with E-state index in [1.165, 1.54) is 0 Å². The van der Waals surface area contributed by atoms with Gasteiger partial charge in [-0.2, -0.15) is 0 Å². The molecule has 2 aromatic heterocycles. The summed E-state index contributed by atoms with van der Waals surface area (Å²) in [4.78, 5) is 28.4. The summed E-state index contributed by atoms with van der Waals surface area (Å²) in [7, 11) is 0. The number of nitrogens with zero attached hydrogens (tertiary/aromatic N) is 4. The molecule has 1 aliphatic heterocycles. The van der Waals surface area contributed by atoms with Gasteiger partial charge in [0.05, 0.1) is 15.2 Å². The minimum absolute atomic E-state index is 0.345. The fourth-order valence-corrected chi connectivity index (χ4v) is 3.94. The van der Waals surface area contributed by atoms with Crippen LogP contribution in [0.1, 0.15) is 23.1 Å². The number of carbonyl (C=O) groups is 2. The highest BCUT2D eigenvalue weighted by Gasteiger charge is 2.18. The highest BCUT2D eigenvalue weighted by atomic mass is 32.1. The number of aryl methyl sites for hydroxylation is 2. The summed E-state index contributed by atoms with van der Waals surface area (Å²) in [6.07, 6.45) is 2.58. The third kappa shape index (κ3) is 3.30. The van der Waals surface area contributed by atoms with Crippen molar-refractivity contribution >= 4 is 39.1 Å². The van der Waals surface area contributed by atoms with Gasteiger partial charge < -0.3 is 15.2 Å². The normalized spacial score (nSPS) is 13.0. The average molecular weight is 370 g/mol. The summed E-state index contributed by atoms with van der Waals surface area (Å²) in [5, 5.41) is 14.5. The second-order valence-corrected chi connectivity index (χ2v) is 7.40. The molecule has 1 aliphatic rings. The topological polar surface area (TPSA) is 102 Å². The molecule has 0 saturated carbocycles. The molecule has 0 unspecified atom stereocenters. The molecule has 3 aromatic rings. The second-order valence-electron chi connectivity index (χ2n) is 6.16. The van der Waals surface area contributed by atoms with E-state index in [1.54, 1.807) is 17.4 Å². The molecule has 0 fully saturated rings. The molecular weight excluding hydrogens is 352 g/mol. The number of fused-ring (bicyclic) bond motifs is 2. The Labute approximate surface area is 153 Å². The zero-order valence-corrected chi connectivity index (χ0v) is 15.1. The Morgan fingerprint density at radius 1 is 1.27 bits per heavy atom. The van der Waals surface area contributed by atoms with E-state index in [9.17, 15) is 9.59 Å². The summed E-state index contributed by atoms with van der Waals surface area (Å²) in [5.41, 5.74) is 1.47. The monoisotopic (exact) mass is 370 g/mol. The second kappa shape index (κ2) is 6.83. The van der Waals surface area contributed by atoms with Gasteiger partial charge in [0.25, 0.3) is 0 Å². The lowest BCUT2D eigenvalue weighted by Gasteiger charge is -2.07. The summed E-state index contributed by atoms with van der Waals surface area (Å²) >= 11 is 1.55. The molecule has 0 atom stereocenters. The molecule has 0 spiro atoms. The van der Waals surface area contributed by atoms with Gasteiger partial charge in [-0.05, 0) is 31.5 Å². The van der Waals surface area contributed by atoms with Crippen molar-refractivity contribution in [1.29, 1.82) is 0 Å². The van der Waals surface area contributed by atoms with Crippen molar-refractivity contribution in [3.8, 4) is 0 Å². The van der Waals surface area contributed by atoms with Crippen LogP contribution in [0.5, 0.6) is 0 Å². The standard InChI is InChI=1S/C17H18N6O2S/c1-10-19-12-5-4-11(9-13(12)26-10)20-17(25)16(24)18-7-6-15-22-21-14-3-2-8-23(14)15/h4-5,9H,2-3,6-8H2,1H3,(H,18,24)(H,20,25). The Bertz CT molecular complexity index is 992. The van der Waals surface area contributed by atoms with Crippen LogP contribution in [-0.4, -0.2) is 38.1 Å². The third-order valence-corrected chi connectivity index (χ3v) is 5.21. The van der Waals surface area contributed by atoms with Crippen molar-refractivity contribution in [1.82, 2.24) is 25.1 Å². The summed E-state index contributed by atoms with van der Waals surface area (Å²) in [5.74, 6) is 0.505. The lowest BCUT2D eigenvalue weighted by Crippen LogP contribution is -2.36. The van der Waals surface area contributed by atoms with E-state index >= 15 is 0 Å². The van der Waals surface area contributed by atoms with Crippen LogP contribution < -0.4 is 10.6 Å². The average Bonchev–Trinajstić information content (AvgIpc) is 3.30. The van der Waals surface area contributed by atoms with Crippen molar-refractivity contribution in [3.63, 3.8) is 0 Å². The summed E-state index contributed by atoms with van der Waals surface area (Å²) in [6.45, 7) is 3.20. The number of amides is 2. The maximum atomic E-state index is 12.1.